The molecule has 0 aliphatic rings. The van der Waals surface area contributed by atoms with Gasteiger partial charge in [-0.05, 0) is 36.8 Å². The number of aryl methyl sites for hydroxylation is 1. The molecule has 0 atom stereocenters. The van der Waals surface area contributed by atoms with Crippen LogP contribution < -0.4 is 11.1 Å². The molecule has 4 N–H and O–H groups in total. The minimum absolute atomic E-state index is 0.156. The van der Waals surface area contributed by atoms with Crippen LogP contribution in [-0.4, -0.2) is 16.0 Å². The van der Waals surface area contributed by atoms with Crippen molar-refractivity contribution in [3.05, 3.63) is 47.4 Å². The van der Waals surface area contributed by atoms with Gasteiger partial charge in [-0.3, -0.25) is 4.79 Å². The fraction of sp³-hybridized carbons (Fsp3) is 0.0769. The van der Waals surface area contributed by atoms with Crippen molar-refractivity contribution < 1.29 is 14.3 Å². The van der Waals surface area contributed by atoms with Gasteiger partial charge in [0.05, 0.1) is 17.4 Å². The molecule has 1 amide bonds. The summed E-state index contributed by atoms with van der Waals surface area (Å²) in [4.78, 5) is 15.8. The topological polar surface area (TPSA) is 88.2 Å². The first-order valence-electron chi connectivity index (χ1n) is 5.49. The quantitative estimate of drug-likeness (QED) is 0.772. The van der Waals surface area contributed by atoms with Crippen molar-refractivity contribution in [1.82, 2.24) is 4.98 Å². The number of pyridine rings is 1. The number of nitrogens with two attached hydrogens (primary N) is 1. The number of anilines is 2. The summed E-state index contributed by atoms with van der Waals surface area (Å²) in [6.45, 7) is 1.77. The van der Waals surface area contributed by atoms with E-state index in [4.69, 9.17) is 5.73 Å². The molecule has 19 heavy (non-hydrogen) atoms. The first kappa shape index (κ1) is 12.8. The van der Waals surface area contributed by atoms with Crippen LogP contribution in [0, 0.1) is 12.7 Å². The number of aromatic nitrogens is 1. The lowest BCUT2D eigenvalue weighted by atomic mass is 10.2. The summed E-state index contributed by atoms with van der Waals surface area (Å²) in [5.41, 5.74) is 6.72. The molecule has 1 aromatic heterocycles. The van der Waals surface area contributed by atoms with E-state index >= 15 is 0 Å². The lowest BCUT2D eigenvalue weighted by Gasteiger charge is -2.07. The molecule has 5 nitrogen and oxygen atoms in total. The van der Waals surface area contributed by atoms with Crippen LogP contribution >= 0.6 is 0 Å². The average molecular weight is 261 g/mol. The van der Waals surface area contributed by atoms with Crippen LogP contribution in [-0.2, 0) is 0 Å². The summed E-state index contributed by atoms with van der Waals surface area (Å²) in [7, 11) is 0. The van der Waals surface area contributed by atoms with Crippen molar-refractivity contribution >= 4 is 17.4 Å². The third kappa shape index (κ3) is 2.79. The number of hydrogen-bond donors (Lipinski definition) is 3. The van der Waals surface area contributed by atoms with E-state index in [9.17, 15) is 14.3 Å². The van der Waals surface area contributed by atoms with Gasteiger partial charge in [0, 0.05) is 0 Å². The largest absolute Gasteiger partial charge is 0.507 e. The van der Waals surface area contributed by atoms with Crippen LogP contribution in [0.4, 0.5) is 15.9 Å². The number of nitrogens with zero attached hydrogens (tertiary/aromatic N) is 1. The van der Waals surface area contributed by atoms with E-state index in [1.807, 2.05) is 0 Å². The van der Waals surface area contributed by atoms with E-state index in [0.717, 1.165) is 23.8 Å². The first-order chi connectivity index (χ1) is 8.97. The normalized spacial score (nSPS) is 10.2. The molecule has 98 valence electrons. The van der Waals surface area contributed by atoms with Crippen molar-refractivity contribution in [2.24, 2.45) is 0 Å². The highest BCUT2D eigenvalue weighted by atomic mass is 19.1. The van der Waals surface area contributed by atoms with Gasteiger partial charge in [0.15, 0.2) is 0 Å². The average Bonchev–Trinajstić information content (AvgIpc) is 2.36. The lowest BCUT2D eigenvalue weighted by Crippen LogP contribution is -2.13. The van der Waals surface area contributed by atoms with Crippen LogP contribution in [0.25, 0.3) is 0 Å². The second kappa shape index (κ2) is 4.93. The van der Waals surface area contributed by atoms with E-state index in [2.05, 4.69) is 10.3 Å². The summed E-state index contributed by atoms with van der Waals surface area (Å²) >= 11 is 0. The third-order valence-corrected chi connectivity index (χ3v) is 2.60. The predicted molar refractivity (Wildman–Crippen MR) is 69.4 cm³/mol. The van der Waals surface area contributed by atoms with E-state index in [0.29, 0.717) is 5.69 Å². The number of phenolic OH excluding ortho intramolecular Hbond substituents is 1. The van der Waals surface area contributed by atoms with Crippen LogP contribution in [0.5, 0.6) is 5.75 Å². The highest BCUT2D eigenvalue weighted by molar-refractivity contribution is 6.05. The zero-order chi connectivity index (χ0) is 14.0. The first-order valence-corrected chi connectivity index (χ1v) is 5.49. The van der Waals surface area contributed by atoms with Gasteiger partial charge < -0.3 is 16.2 Å². The number of aromatic hydroxyl groups is 1. The van der Waals surface area contributed by atoms with Gasteiger partial charge >= 0.3 is 0 Å². The molecule has 0 saturated carbocycles. The van der Waals surface area contributed by atoms with Crippen molar-refractivity contribution in [2.75, 3.05) is 11.1 Å². The number of benzene rings is 1. The minimum Gasteiger partial charge on any atom is -0.507 e. The van der Waals surface area contributed by atoms with Gasteiger partial charge in [-0.2, -0.15) is 0 Å². The molecule has 0 aliphatic carbocycles. The molecule has 0 saturated heterocycles. The van der Waals surface area contributed by atoms with Crippen LogP contribution in [0.15, 0.2) is 30.5 Å². The monoisotopic (exact) mass is 261 g/mol. The fourth-order valence-corrected chi connectivity index (χ4v) is 1.51. The number of rotatable bonds is 2. The molecule has 0 unspecified atom stereocenters. The Balaban J connectivity index is 2.25. The van der Waals surface area contributed by atoms with Crippen LogP contribution in [0.2, 0.25) is 0 Å². The molecule has 0 spiro atoms. The number of nitrogens with one attached hydrogen (secondary N) is 1. The van der Waals surface area contributed by atoms with Crippen LogP contribution in [0.1, 0.15) is 15.9 Å². The van der Waals surface area contributed by atoms with Crippen molar-refractivity contribution in [3.8, 4) is 5.75 Å². The Hall–Kier alpha value is -2.63. The molecule has 1 heterocycles. The van der Waals surface area contributed by atoms with Crippen molar-refractivity contribution in [3.63, 3.8) is 0 Å². The maximum atomic E-state index is 13.0. The molecule has 2 rings (SSSR count). The molecular weight excluding hydrogens is 249 g/mol. The Morgan fingerprint density at radius 2 is 2.16 bits per heavy atom. The molecule has 0 aliphatic heterocycles. The number of carbonyl (C=O) groups is 1. The molecule has 0 radical (unpaired) electrons. The number of amides is 1. The maximum Gasteiger partial charge on any atom is 0.260 e. The summed E-state index contributed by atoms with van der Waals surface area (Å²) < 4.78 is 13.0. The number of hydrogen-bond acceptors (Lipinski definition) is 4. The van der Waals surface area contributed by atoms with Gasteiger partial charge in [-0.15, -0.1) is 0 Å². The second-order valence-electron chi connectivity index (χ2n) is 4.04. The van der Waals surface area contributed by atoms with Crippen molar-refractivity contribution in [1.29, 1.82) is 0 Å². The van der Waals surface area contributed by atoms with Gasteiger partial charge in [-0.25, -0.2) is 9.37 Å². The van der Waals surface area contributed by atoms with E-state index in [-0.39, 0.29) is 17.1 Å². The zero-order valence-corrected chi connectivity index (χ0v) is 10.1. The molecule has 1 aromatic carbocycles. The lowest BCUT2D eigenvalue weighted by molar-refractivity contribution is 0.102. The van der Waals surface area contributed by atoms with E-state index < -0.39 is 11.7 Å². The summed E-state index contributed by atoms with van der Waals surface area (Å²) in [5, 5.41) is 12.0. The molecule has 0 fully saturated rings. The van der Waals surface area contributed by atoms with Crippen molar-refractivity contribution in [2.45, 2.75) is 6.92 Å². The van der Waals surface area contributed by atoms with Gasteiger partial charge in [-0.1, -0.05) is 0 Å². The Bertz CT molecular complexity index is 644. The molecular formula is C13H12FN3O2. The van der Waals surface area contributed by atoms with E-state index in [1.54, 1.807) is 13.0 Å². The highest BCUT2D eigenvalue weighted by Gasteiger charge is 2.13. The Morgan fingerprint density at radius 3 is 2.84 bits per heavy atom. The smallest absolute Gasteiger partial charge is 0.260 e. The number of carbonyl (C=O) groups excluding carboxylic acids is 1. The SMILES string of the molecule is Cc1cc(NC(=O)c2cc(F)ccc2O)ncc1N. The van der Waals surface area contributed by atoms with Gasteiger partial charge in [0.25, 0.3) is 5.91 Å². The molecule has 6 heteroatoms. The Morgan fingerprint density at radius 1 is 1.42 bits per heavy atom. The number of nitrogen functional groups attached to an aromatic ring is 1. The summed E-state index contributed by atoms with van der Waals surface area (Å²) in [6.07, 6.45) is 1.41. The van der Waals surface area contributed by atoms with E-state index in [1.165, 1.54) is 6.20 Å². The fourth-order valence-electron chi connectivity index (χ4n) is 1.51. The standard InChI is InChI=1S/C13H12FN3O2/c1-7-4-12(16-6-10(7)15)17-13(19)9-5-8(14)2-3-11(9)18/h2-6,18H,15H2,1H3,(H,16,17,19). The Kier molecular flexibility index (Phi) is 3.33. The summed E-state index contributed by atoms with van der Waals surface area (Å²) in [6, 6.07) is 4.72. The zero-order valence-electron chi connectivity index (χ0n) is 10.1. The number of phenols is 1. The molecule has 0 bridgehead atoms. The van der Waals surface area contributed by atoms with Gasteiger partial charge in [0.2, 0.25) is 0 Å². The summed E-state index contributed by atoms with van der Waals surface area (Å²) in [5.74, 6) is -1.27. The van der Waals surface area contributed by atoms with Crippen LogP contribution in [0.3, 0.4) is 0 Å². The highest BCUT2D eigenvalue weighted by Crippen LogP contribution is 2.20. The Labute approximate surface area is 108 Å². The molecule has 2 aromatic rings. The maximum absolute atomic E-state index is 13.0. The predicted octanol–water partition coefficient (Wildman–Crippen LogP) is 2.07. The minimum atomic E-state index is -0.645. The third-order valence-electron chi connectivity index (χ3n) is 2.60. The second-order valence-corrected chi connectivity index (χ2v) is 4.04. The number of halogens is 1. The van der Waals surface area contributed by atoms with Gasteiger partial charge in [0.1, 0.15) is 17.4 Å².